The second-order valence-corrected chi connectivity index (χ2v) is 1.58. The first-order valence-electron chi connectivity index (χ1n) is 2.80. The summed E-state index contributed by atoms with van der Waals surface area (Å²) < 4.78 is 35.4. The van der Waals surface area contributed by atoms with E-state index in [9.17, 15) is 22.8 Å². The number of ether oxygens (including phenoxy) is 1. The molecule has 0 atom stereocenters. The van der Waals surface area contributed by atoms with Gasteiger partial charge >= 0.3 is 18.3 Å². The Morgan fingerprint density at radius 3 is 1.77 bits per heavy atom. The van der Waals surface area contributed by atoms with Gasteiger partial charge in [0.15, 0.2) is 0 Å². The maximum Gasteiger partial charge on any atom is 0.575 e. The molecule has 0 aromatic rings. The molecule has 76 valence electrons. The van der Waals surface area contributed by atoms with Gasteiger partial charge < -0.3 is 9.84 Å². The number of carbonyl (C=O) groups excluding carboxylic acids is 1. The van der Waals surface area contributed by atoms with Crippen molar-refractivity contribution in [3.63, 3.8) is 0 Å². The fourth-order valence-corrected chi connectivity index (χ4v) is 0.163. The molecule has 0 aromatic heterocycles. The molecule has 0 aliphatic heterocycles. The van der Waals surface area contributed by atoms with Crippen LogP contribution in [0.25, 0.3) is 0 Å². The van der Waals surface area contributed by atoms with Crippen LogP contribution >= 0.6 is 0 Å². The Hall–Kier alpha value is -1.53. The molecule has 7 heteroatoms. The molecule has 0 radical (unpaired) electrons. The highest BCUT2D eigenvalue weighted by molar-refractivity contribution is 5.78. The molecular formula is C6H7F3O4. The summed E-state index contributed by atoms with van der Waals surface area (Å²) in [4.78, 5) is 18.8. The maximum absolute atomic E-state index is 10.9. The standard InChI is InChI=1S/C3H3F3O2.C3H4O2/c1-2(7)8-3(4,5)6;1-2-3(4)5/h1H3;2H,1H2,(H,4,5). The van der Waals surface area contributed by atoms with Gasteiger partial charge in [-0.1, -0.05) is 6.58 Å². The molecule has 0 heterocycles. The van der Waals surface area contributed by atoms with Gasteiger partial charge in [-0.05, 0) is 0 Å². The predicted molar refractivity (Wildman–Crippen MR) is 35.7 cm³/mol. The first-order chi connectivity index (χ1) is 5.69. The molecule has 1 N–H and O–H groups in total. The van der Waals surface area contributed by atoms with Crippen molar-refractivity contribution in [1.82, 2.24) is 0 Å². The molecule has 0 saturated carbocycles. The minimum atomic E-state index is -4.83. The Balaban J connectivity index is 0. The number of hydrogen-bond acceptors (Lipinski definition) is 3. The zero-order valence-electron chi connectivity index (χ0n) is 6.59. The van der Waals surface area contributed by atoms with Gasteiger partial charge in [0, 0.05) is 13.0 Å². The summed E-state index contributed by atoms with van der Waals surface area (Å²) in [7, 11) is 0. The lowest BCUT2D eigenvalue weighted by Gasteiger charge is -2.02. The van der Waals surface area contributed by atoms with Crippen molar-refractivity contribution >= 4 is 11.9 Å². The average Bonchev–Trinajstić information content (AvgIpc) is 1.83. The molecule has 0 unspecified atom stereocenters. The Bertz CT molecular complexity index is 197. The van der Waals surface area contributed by atoms with Gasteiger partial charge in [-0.3, -0.25) is 4.79 Å². The van der Waals surface area contributed by atoms with E-state index in [1.165, 1.54) is 0 Å². The highest BCUT2D eigenvalue weighted by atomic mass is 19.4. The minimum absolute atomic E-state index is 0.688. The number of carboxylic acid groups (broad SMARTS) is 1. The largest absolute Gasteiger partial charge is 0.575 e. The summed E-state index contributed by atoms with van der Waals surface area (Å²) in [5, 5.41) is 7.60. The lowest BCUT2D eigenvalue weighted by Crippen LogP contribution is -2.16. The summed E-state index contributed by atoms with van der Waals surface area (Å²) in [5.41, 5.74) is 0. The summed E-state index contributed by atoms with van der Waals surface area (Å²) >= 11 is 0. The zero-order valence-corrected chi connectivity index (χ0v) is 6.59. The van der Waals surface area contributed by atoms with Crippen LogP contribution in [0.4, 0.5) is 13.2 Å². The van der Waals surface area contributed by atoms with E-state index in [4.69, 9.17) is 5.11 Å². The number of aliphatic carboxylic acids is 1. The summed E-state index contributed by atoms with van der Waals surface area (Å²) in [6.45, 7) is 3.65. The van der Waals surface area contributed by atoms with Crippen LogP contribution in [0.15, 0.2) is 12.7 Å². The average molecular weight is 200 g/mol. The first-order valence-corrected chi connectivity index (χ1v) is 2.80. The molecule has 0 bridgehead atoms. The van der Waals surface area contributed by atoms with Gasteiger partial charge in [-0.25, -0.2) is 4.79 Å². The molecule has 0 saturated heterocycles. The monoisotopic (exact) mass is 200 g/mol. The molecule has 0 spiro atoms. The van der Waals surface area contributed by atoms with Crippen molar-refractivity contribution < 1.29 is 32.6 Å². The Labute approximate surface area is 71.6 Å². The highest BCUT2D eigenvalue weighted by Gasteiger charge is 2.32. The first kappa shape index (κ1) is 14.0. The van der Waals surface area contributed by atoms with Crippen molar-refractivity contribution in [3.8, 4) is 0 Å². The van der Waals surface area contributed by atoms with Gasteiger partial charge in [0.1, 0.15) is 0 Å². The minimum Gasteiger partial charge on any atom is -0.478 e. The molecular weight excluding hydrogens is 193 g/mol. The third kappa shape index (κ3) is 25.1. The number of carboxylic acids is 1. The molecule has 0 rings (SSSR count). The SMILES string of the molecule is C=CC(=O)O.CC(=O)OC(F)(F)F. The van der Waals surface area contributed by atoms with E-state index in [2.05, 4.69) is 11.3 Å². The van der Waals surface area contributed by atoms with E-state index in [1.54, 1.807) is 0 Å². The van der Waals surface area contributed by atoms with Crippen LogP contribution in [0.2, 0.25) is 0 Å². The molecule has 0 aliphatic carbocycles. The highest BCUT2D eigenvalue weighted by Crippen LogP contribution is 2.15. The topological polar surface area (TPSA) is 63.6 Å². The van der Waals surface area contributed by atoms with Gasteiger partial charge in [-0.2, -0.15) is 0 Å². The van der Waals surface area contributed by atoms with E-state index in [0.717, 1.165) is 6.08 Å². The van der Waals surface area contributed by atoms with Crippen LogP contribution in [0, 0.1) is 0 Å². The van der Waals surface area contributed by atoms with E-state index < -0.39 is 18.3 Å². The fourth-order valence-electron chi connectivity index (χ4n) is 0.163. The molecule has 13 heavy (non-hydrogen) atoms. The van der Waals surface area contributed by atoms with E-state index in [0.29, 0.717) is 6.92 Å². The number of rotatable bonds is 1. The summed E-state index contributed by atoms with van der Waals surface area (Å²) in [6, 6.07) is 0. The third-order valence-electron chi connectivity index (χ3n) is 0.434. The Kier molecular flexibility index (Phi) is 6.51. The van der Waals surface area contributed by atoms with Crippen molar-refractivity contribution in [3.05, 3.63) is 12.7 Å². The van der Waals surface area contributed by atoms with Crippen LogP contribution in [0.3, 0.4) is 0 Å². The summed E-state index contributed by atoms with van der Waals surface area (Å²) in [5.74, 6) is -2.33. The molecule has 0 amide bonds. The maximum atomic E-state index is 10.9. The van der Waals surface area contributed by atoms with Gasteiger partial charge in [0.05, 0.1) is 0 Å². The Morgan fingerprint density at radius 1 is 1.46 bits per heavy atom. The number of hydrogen-bond donors (Lipinski definition) is 1. The van der Waals surface area contributed by atoms with Crippen molar-refractivity contribution in [2.24, 2.45) is 0 Å². The lowest BCUT2D eigenvalue weighted by molar-refractivity contribution is -0.304. The van der Waals surface area contributed by atoms with Gasteiger partial charge in [0.25, 0.3) is 0 Å². The van der Waals surface area contributed by atoms with Crippen LogP contribution in [0.5, 0.6) is 0 Å². The van der Waals surface area contributed by atoms with Crippen molar-refractivity contribution in [2.75, 3.05) is 0 Å². The van der Waals surface area contributed by atoms with Crippen LogP contribution in [-0.4, -0.2) is 23.4 Å². The summed E-state index contributed by atoms with van der Waals surface area (Å²) in [6.07, 6.45) is -3.99. The number of esters is 1. The van der Waals surface area contributed by atoms with E-state index in [1.807, 2.05) is 0 Å². The smallest absolute Gasteiger partial charge is 0.478 e. The third-order valence-corrected chi connectivity index (χ3v) is 0.434. The molecule has 0 aliphatic rings. The molecule has 4 nitrogen and oxygen atoms in total. The van der Waals surface area contributed by atoms with Crippen LogP contribution < -0.4 is 0 Å². The van der Waals surface area contributed by atoms with Gasteiger partial charge in [-0.15, -0.1) is 13.2 Å². The molecule has 0 fully saturated rings. The number of carbonyl (C=O) groups is 2. The lowest BCUT2D eigenvalue weighted by atomic mass is 10.7. The van der Waals surface area contributed by atoms with Gasteiger partial charge in [0.2, 0.25) is 0 Å². The van der Waals surface area contributed by atoms with Crippen LogP contribution in [-0.2, 0) is 14.3 Å². The number of alkyl halides is 3. The second-order valence-electron chi connectivity index (χ2n) is 1.58. The number of halogens is 3. The van der Waals surface area contributed by atoms with E-state index in [-0.39, 0.29) is 0 Å². The predicted octanol–water partition coefficient (Wildman–Crippen LogP) is 1.33. The quantitative estimate of drug-likeness (QED) is 0.512. The second kappa shape index (κ2) is 6.04. The van der Waals surface area contributed by atoms with Crippen molar-refractivity contribution in [1.29, 1.82) is 0 Å². The van der Waals surface area contributed by atoms with Crippen molar-refractivity contribution in [2.45, 2.75) is 13.3 Å². The van der Waals surface area contributed by atoms with Crippen LogP contribution in [0.1, 0.15) is 6.92 Å². The zero-order chi connectivity index (χ0) is 11.1. The molecule has 0 aromatic carbocycles. The normalized spacial score (nSPS) is 9.23. The van der Waals surface area contributed by atoms with E-state index >= 15 is 0 Å². The fraction of sp³-hybridized carbons (Fsp3) is 0.333. The Morgan fingerprint density at radius 2 is 1.77 bits per heavy atom.